The average Bonchev–Trinajstić information content (AvgIpc) is 3.19. The van der Waals surface area contributed by atoms with Crippen molar-refractivity contribution < 1.29 is 9.53 Å². The lowest BCUT2D eigenvalue weighted by atomic mass is 10.2. The van der Waals surface area contributed by atoms with Crippen molar-refractivity contribution >= 4 is 39.3 Å². The number of nitrogens with zero attached hydrogens (tertiary/aromatic N) is 2. The molecule has 2 heterocycles. The lowest BCUT2D eigenvalue weighted by Crippen LogP contribution is -2.23. The number of rotatable bonds is 6. The summed E-state index contributed by atoms with van der Waals surface area (Å²) < 4.78 is 8.91. The van der Waals surface area contributed by atoms with Crippen LogP contribution < -0.4 is 5.32 Å². The standard InChI is InChI=1S/C19H24BrN3O2S/c1-12-13(2)23(11-17-8-5-9-25-17)19(21-12)26-14(3)18(24)22-16-7-4-6-15(20)10-16/h4,6-7,10,14,17H,5,8-9,11H2,1-3H3,(H,22,24)/t14-,17+/m0/s1. The Hall–Kier alpha value is -1.31. The van der Waals surface area contributed by atoms with Gasteiger partial charge in [0.25, 0.3) is 0 Å². The van der Waals surface area contributed by atoms with Gasteiger partial charge in [-0.2, -0.15) is 0 Å². The van der Waals surface area contributed by atoms with Gasteiger partial charge in [-0.1, -0.05) is 33.8 Å². The van der Waals surface area contributed by atoms with Crippen LogP contribution in [0.15, 0.2) is 33.9 Å². The number of carbonyl (C=O) groups excluding carboxylic acids is 1. The van der Waals surface area contributed by atoms with E-state index in [1.165, 1.54) is 11.8 Å². The minimum absolute atomic E-state index is 0.0323. The Kier molecular flexibility index (Phi) is 6.42. The van der Waals surface area contributed by atoms with Crippen molar-refractivity contribution in [1.82, 2.24) is 9.55 Å². The van der Waals surface area contributed by atoms with Crippen LogP contribution in [0.25, 0.3) is 0 Å². The number of carbonyl (C=O) groups is 1. The van der Waals surface area contributed by atoms with Crippen molar-refractivity contribution in [1.29, 1.82) is 0 Å². The van der Waals surface area contributed by atoms with Gasteiger partial charge in [0.1, 0.15) is 0 Å². The van der Waals surface area contributed by atoms with E-state index < -0.39 is 0 Å². The highest BCUT2D eigenvalue weighted by molar-refractivity contribution is 9.10. The maximum absolute atomic E-state index is 12.6. The van der Waals surface area contributed by atoms with Crippen molar-refractivity contribution in [3.05, 3.63) is 40.1 Å². The van der Waals surface area contributed by atoms with Crippen LogP contribution in [0.4, 0.5) is 5.69 Å². The van der Waals surface area contributed by atoms with Crippen molar-refractivity contribution in [3.8, 4) is 0 Å². The number of imidazole rings is 1. The molecular weight excluding hydrogens is 414 g/mol. The van der Waals surface area contributed by atoms with Crippen LogP contribution in [-0.2, 0) is 16.1 Å². The molecule has 26 heavy (non-hydrogen) atoms. The molecule has 1 aromatic heterocycles. The second-order valence-corrected chi connectivity index (χ2v) is 8.79. The molecule has 0 spiro atoms. The Morgan fingerprint density at radius 1 is 1.50 bits per heavy atom. The number of hydrogen-bond acceptors (Lipinski definition) is 4. The lowest BCUT2D eigenvalue weighted by molar-refractivity contribution is -0.115. The third kappa shape index (κ3) is 4.69. The molecule has 1 saturated heterocycles. The topological polar surface area (TPSA) is 56.2 Å². The SMILES string of the molecule is Cc1nc(S[C@@H](C)C(=O)Nc2cccc(Br)c2)n(C[C@H]2CCCO2)c1C. The summed E-state index contributed by atoms with van der Waals surface area (Å²) in [5, 5.41) is 3.60. The first-order valence-electron chi connectivity index (χ1n) is 8.82. The molecule has 5 nitrogen and oxygen atoms in total. The highest BCUT2D eigenvalue weighted by Gasteiger charge is 2.23. The van der Waals surface area contributed by atoms with Gasteiger partial charge in [0.2, 0.25) is 5.91 Å². The van der Waals surface area contributed by atoms with Gasteiger partial charge >= 0.3 is 0 Å². The largest absolute Gasteiger partial charge is 0.376 e. The van der Waals surface area contributed by atoms with Crippen LogP contribution in [0.3, 0.4) is 0 Å². The Labute approximate surface area is 167 Å². The van der Waals surface area contributed by atoms with Gasteiger partial charge in [-0.05, 0) is 51.8 Å². The van der Waals surface area contributed by atoms with Gasteiger partial charge in [0.05, 0.1) is 23.6 Å². The van der Waals surface area contributed by atoms with E-state index in [-0.39, 0.29) is 17.3 Å². The molecule has 3 rings (SSSR count). The number of hydrogen-bond donors (Lipinski definition) is 1. The number of halogens is 1. The number of amides is 1. The fourth-order valence-electron chi connectivity index (χ4n) is 2.94. The molecule has 2 atom stereocenters. The second kappa shape index (κ2) is 8.59. The molecule has 1 aliphatic rings. The predicted octanol–water partition coefficient (Wildman–Crippen LogP) is 4.56. The Morgan fingerprint density at radius 2 is 2.31 bits per heavy atom. The third-order valence-electron chi connectivity index (χ3n) is 4.58. The fourth-order valence-corrected chi connectivity index (χ4v) is 4.35. The predicted molar refractivity (Wildman–Crippen MR) is 109 cm³/mol. The van der Waals surface area contributed by atoms with Crippen LogP contribution in [0.2, 0.25) is 0 Å². The van der Waals surface area contributed by atoms with Gasteiger partial charge < -0.3 is 14.6 Å². The highest BCUT2D eigenvalue weighted by Crippen LogP contribution is 2.28. The summed E-state index contributed by atoms with van der Waals surface area (Å²) in [7, 11) is 0. The van der Waals surface area contributed by atoms with E-state index >= 15 is 0 Å². The fraction of sp³-hybridized carbons (Fsp3) is 0.474. The van der Waals surface area contributed by atoms with Gasteiger partial charge in [-0.15, -0.1) is 0 Å². The summed E-state index contributed by atoms with van der Waals surface area (Å²) in [5.41, 5.74) is 2.93. The summed E-state index contributed by atoms with van der Waals surface area (Å²) in [6.07, 6.45) is 2.44. The van der Waals surface area contributed by atoms with E-state index in [0.29, 0.717) is 0 Å². The average molecular weight is 438 g/mol. The van der Waals surface area contributed by atoms with Gasteiger partial charge in [0, 0.05) is 22.5 Å². The van der Waals surface area contributed by atoms with Gasteiger partial charge in [-0.3, -0.25) is 4.79 Å². The van der Waals surface area contributed by atoms with Crippen LogP contribution >= 0.6 is 27.7 Å². The molecule has 0 saturated carbocycles. The van der Waals surface area contributed by atoms with E-state index in [1.54, 1.807) is 0 Å². The normalized spacial score (nSPS) is 18.1. The van der Waals surface area contributed by atoms with Crippen molar-refractivity contribution in [2.45, 2.75) is 56.7 Å². The molecule has 1 fully saturated rings. The molecule has 1 aromatic carbocycles. The van der Waals surface area contributed by atoms with Gasteiger partial charge in [-0.25, -0.2) is 4.98 Å². The molecule has 0 unspecified atom stereocenters. The smallest absolute Gasteiger partial charge is 0.237 e. The van der Waals surface area contributed by atoms with Crippen molar-refractivity contribution in [2.75, 3.05) is 11.9 Å². The Balaban J connectivity index is 1.69. The van der Waals surface area contributed by atoms with E-state index in [1.807, 2.05) is 38.1 Å². The molecule has 140 valence electrons. The molecule has 0 bridgehead atoms. The zero-order valence-electron chi connectivity index (χ0n) is 15.3. The van der Waals surface area contributed by atoms with Gasteiger partial charge in [0.15, 0.2) is 5.16 Å². The zero-order valence-corrected chi connectivity index (χ0v) is 17.7. The first-order valence-corrected chi connectivity index (χ1v) is 10.5. The Morgan fingerprint density at radius 3 is 3.00 bits per heavy atom. The zero-order chi connectivity index (χ0) is 18.7. The number of nitrogens with one attached hydrogen (secondary N) is 1. The van der Waals surface area contributed by atoms with Crippen molar-refractivity contribution in [3.63, 3.8) is 0 Å². The van der Waals surface area contributed by atoms with Crippen LogP contribution in [-0.4, -0.2) is 33.4 Å². The van der Waals surface area contributed by atoms with Crippen molar-refractivity contribution in [2.24, 2.45) is 0 Å². The summed E-state index contributed by atoms with van der Waals surface area (Å²) in [6, 6.07) is 7.61. The molecule has 0 radical (unpaired) electrons. The maximum atomic E-state index is 12.6. The number of ether oxygens (including phenoxy) is 1. The Bertz CT molecular complexity index is 787. The van der Waals surface area contributed by atoms with Crippen LogP contribution in [0, 0.1) is 13.8 Å². The first kappa shape index (κ1) is 19.5. The van der Waals surface area contributed by atoms with Crippen LogP contribution in [0.1, 0.15) is 31.2 Å². The molecule has 0 aliphatic carbocycles. The van der Waals surface area contributed by atoms with E-state index in [0.717, 1.165) is 52.7 Å². The van der Waals surface area contributed by atoms with Crippen LogP contribution in [0.5, 0.6) is 0 Å². The maximum Gasteiger partial charge on any atom is 0.237 e. The quantitative estimate of drug-likeness (QED) is 0.672. The summed E-state index contributed by atoms with van der Waals surface area (Å²) >= 11 is 4.92. The lowest BCUT2D eigenvalue weighted by Gasteiger charge is -2.16. The summed E-state index contributed by atoms with van der Waals surface area (Å²) in [5.74, 6) is -0.0323. The highest BCUT2D eigenvalue weighted by atomic mass is 79.9. The third-order valence-corrected chi connectivity index (χ3v) is 6.16. The molecule has 7 heteroatoms. The number of thioether (sulfide) groups is 1. The molecule has 2 aromatic rings. The number of benzene rings is 1. The minimum atomic E-state index is -0.251. The minimum Gasteiger partial charge on any atom is -0.376 e. The summed E-state index contributed by atoms with van der Waals surface area (Å²) in [4.78, 5) is 17.2. The van der Waals surface area contributed by atoms with E-state index in [4.69, 9.17) is 4.74 Å². The molecular formula is C19H24BrN3O2S. The van der Waals surface area contributed by atoms with E-state index in [2.05, 4.69) is 37.7 Å². The first-order chi connectivity index (χ1) is 12.4. The summed E-state index contributed by atoms with van der Waals surface area (Å²) in [6.45, 7) is 7.64. The monoisotopic (exact) mass is 437 g/mol. The van der Waals surface area contributed by atoms with E-state index in [9.17, 15) is 4.79 Å². The second-order valence-electron chi connectivity index (χ2n) is 6.57. The molecule has 1 N–H and O–H groups in total. The number of aryl methyl sites for hydroxylation is 1. The number of aromatic nitrogens is 2. The number of anilines is 1. The molecule has 1 amide bonds. The molecule has 1 aliphatic heterocycles.